The molecule has 5 heteroatoms. The van der Waals surface area contributed by atoms with Gasteiger partial charge in [0.15, 0.2) is 0 Å². The smallest absolute Gasteiger partial charge is 0.325 e. The number of aryl methyl sites for hydroxylation is 1. The molecule has 0 saturated carbocycles. The Bertz CT molecular complexity index is 445. The van der Waals surface area contributed by atoms with Gasteiger partial charge in [0.1, 0.15) is 6.04 Å². The number of carboxylic acids is 1. The molecule has 0 aliphatic rings. The Kier molecular flexibility index (Phi) is 4.52. The van der Waals surface area contributed by atoms with Gasteiger partial charge in [-0.2, -0.15) is 0 Å². The Balaban J connectivity index is 2.65. The van der Waals surface area contributed by atoms with E-state index < -0.39 is 12.0 Å². The third-order valence-electron chi connectivity index (χ3n) is 2.31. The summed E-state index contributed by atoms with van der Waals surface area (Å²) < 4.78 is 0. The van der Waals surface area contributed by atoms with Crippen LogP contribution >= 0.6 is 11.6 Å². The summed E-state index contributed by atoms with van der Waals surface area (Å²) in [6.07, 6.45) is 0.0801. The molecule has 4 nitrogen and oxygen atoms in total. The van der Waals surface area contributed by atoms with Crippen LogP contribution in [0.5, 0.6) is 0 Å². The average molecular weight is 256 g/mol. The molecule has 0 aliphatic carbocycles. The molecule has 0 aliphatic heterocycles. The third kappa shape index (κ3) is 4.07. The van der Waals surface area contributed by atoms with E-state index in [4.69, 9.17) is 16.7 Å². The monoisotopic (exact) mass is 255 g/mol. The van der Waals surface area contributed by atoms with Gasteiger partial charge >= 0.3 is 5.97 Å². The van der Waals surface area contributed by atoms with Gasteiger partial charge in [0, 0.05) is 5.02 Å². The Hall–Kier alpha value is -1.55. The normalized spacial score (nSPS) is 11.9. The van der Waals surface area contributed by atoms with Gasteiger partial charge in [0.2, 0.25) is 5.91 Å². The summed E-state index contributed by atoms with van der Waals surface area (Å²) in [6, 6.07) is 4.49. The number of carbonyl (C=O) groups excluding carboxylic acids is 1. The summed E-state index contributed by atoms with van der Waals surface area (Å²) in [7, 11) is 0. The summed E-state index contributed by atoms with van der Waals surface area (Å²) in [5, 5.41) is 11.5. The van der Waals surface area contributed by atoms with Crippen LogP contribution < -0.4 is 5.32 Å². The number of carbonyl (C=O) groups is 2. The highest BCUT2D eigenvalue weighted by atomic mass is 35.5. The second-order valence-corrected chi connectivity index (χ2v) is 4.31. The molecule has 1 rings (SSSR count). The van der Waals surface area contributed by atoms with E-state index in [0.29, 0.717) is 10.6 Å². The third-order valence-corrected chi connectivity index (χ3v) is 2.66. The van der Waals surface area contributed by atoms with Gasteiger partial charge in [-0.05, 0) is 31.0 Å². The van der Waals surface area contributed by atoms with Crippen LogP contribution in [0.3, 0.4) is 0 Å². The van der Waals surface area contributed by atoms with Crippen LogP contribution in [-0.2, 0) is 16.0 Å². The average Bonchev–Trinajstić information content (AvgIpc) is 2.22. The fraction of sp³-hybridized carbons (Fsp3) is 0.333. The minimum atomic E-state index is -1.06. The Labute approximate surface area is 105 Å². The predicted octanol–water partition coefficient (Wildman–Crippen LogP) is 1.78. The van der Waals surface area contributed by atoms with Crippen molar-refractivity contribution in [2.24, 2.45) is 0 Å². The highest BCUT2D eigenvalue weighted by molar-refractivity contribution is 6.31. The van der Waals surface area contributed by atoms with Gasteiger partial charge in [-0.15, -0.1) is 0 Å². The molecule has 0 fully saturated rings. The molecule has 0 aromatic heterocycles. The number of benzene rings is 1. The maximum atomic E-state index is 11.5. The summed E-state index contributed by atoms with van der Waals surface area (Å²) in [4.78, 5) is 22.1. The lowest BCUT2D eigenvalue weighted by Crippen LogP contribution is -2.39. The Morgan fingerprint density at radius 1 is 1.47 bits per heavy atom. The van der Waals surface area contributed by atoms with Crippen molar-refractivity contribution in [3.05, 3.63) is 34.3 Å². The molecule has 0 spiro atoms. The van der Waals surface area contributed by atoms with Gasteiger partial charge in [0.25, 0.3) is 0 Å². The fourth-order valence-electron chi connectivity index (χ4n) is 1.32. The summed E-state index contributed by atoms with van der Waals surface area (Å²) >= 11 is 5.98. The Morgan fingerprint density at radius 3 is 2.65 bits per heavy atom. The molecule has 17 heavy (non-hydrogen) atoms. The minimum Gasteiger partial charge on any atom is -0.480 e. The van der Waals surface area contributed by atoms with Crippen LogP contribution in [0, 0.1) is 6.92 Å². The zero-order valence-electron chi connectivity index (χ0n) is 9.66. The number of rotatable bonds is 4. The van der Waals surface area contributed by atoms with Crippen LogP contribution in [-0.4, -0.2) is 23.0 Å². The lowest BCUT2D eigenvalue weighted by Gasteiger charge is -2.10. The van der Waals surface area contributed by atoms with E-state index in [1.54, 1.807) is 12.1 Å². The number of halogens is 1. The maximum absolute atomic E-state index is 11.5. The summed E-state index contributed by atoms with van der Waals surface area (Å²) in [5.41, 5.74) is 1.70. The van der Waals surface area contributed by atoms with Gasteiger partial charge in [-0.3, -0.25) is 9.59 Å². The van der Waals surface area contributed by atoms with Crippen LogP contribution in [0.15, 0.2) is 18.2 Å². The zero-order chi connectivity index (χ0) is 13.0. The lowest BCUT2D eigenvalue weighted by atomic mass is 10.1. The first-order valence-corrected chi connectivity index (χ1v) is 5.55. The quantitative estimate of drug-likeness (QED) is 0.862. The molecule has 1 atom stereocenters. The van der Waals surface area contributed by atoms with Crippen molar-refractivity contribution in [1.82, 2.24) is 5.32 Å². The van der Waals surface area contributed by atoms with Gasteiger partial charge in [-0.25, -0.2) is 0 Å². The van der Waals surface area contributed by atoms with E-state index in [-0.39, 0.29) is 12.3 Å². The van der Waals surface area contributed by atoms with Crippen molar-refractivity contribution < 1.29 is 14.7 Å². The first-order chi connectivity index (χ1) is 7.90. The number of aliphatic carboxylic acids is 1. The number of amides is 1. The van der Waals surface area contributed by atoms with Crippen LogP contribution in [0.1, 0.15) is 18.1 Å². The van der Waals surface area contributed by atoms with Gasteiger partial charge < -0.3 is 10.4 Å². The van der Waals surface area contributed by atoms with Gasteiger partial charge in [0.05, 0.1) is 6.42 Å². The molecular weight excluding hydrogens is 242 g/mol. The van der Waals surface area contributed by atoms with Crippen LogP contribution in [0.2, 0.25) is 5.02 Å². The molecule has 2 N–H and O–H groups in total. The number of hydrogen-bond donors (Lipinski definition) is 2. The van der Waals surface area contributed by atoms with Crippen LogP contribution in [0.4, 0.5) is 0 Å². The highest BCUT2D eigenvalue weighted by Gasteiger charge is 2.14. The van der Waals surface area contributed by atoms with Crippen molar-refractivity contribution in [3.8, 4) is 0 Å². The molecule has 1 amide bonds. The lowest BCUT2D eigenvalue weighted by molar-refractivity contribution is -0.141. The number of nitrogens with one attached hydrogen (secondary N) is 1. The van der Waals surface area contributed by atoms with Gasteiger partial charge in [-0.1, -0.05) is 23.7 Å². The van der Waals surface area contributed by atoms with E-state index >= 15 is 0 Å². The fourth-order valence-corrected chi connectivity index (χ4v) is 1.62. The minimum absolute atomic E-state index is 0.0801. The van der Waals surface area contributed by atoms with E-state index in [0.717, 1.165) is 5.56 Å². The van der Waals surface area contributed by atoms with Crippen LogP contribution in [0.25, 0.3) is 0 Å². The number of hydrogen-bond acceptors (Lipinski definition) is 2. The highest BCUT2D eigenvalue weighted by Crippen LogP contribution is 2.17. The molecule has 92 valence electrons. The SMILES string of the molecule is Cc1ccc(CC(=O)N[C@@H](C)C(=O)O)c(Cl)c1. The van der Waals surface area contributed by atoms with Crippen molar-refractivity contribution in [1.29, 1.82) is 0 Å². The van der Waals surface area contributed by atoms with E-state index in [1.807, 2.05) is 13.0 Å². The first-order valence-electron chi connectivity index (χ1n) is 5.17. The topological polar surface area (TPSA) is 66.4 Å². The second-order valence-electron chi connectivity index (χ2n) is 3.90. The molecule has 0 saturated heterocycles. The molecular formula is C12H14ClNO3. The largest absolute Gasteiger partial charge is 0.480 e. The van der Waals surface area contributed by atoms with Crippen molar-refractivity contribution in [2.75, 3.05) is 0 Å². The molecule has 0 unspecified atom stereocenters. The predicted molar refractivity (Wildman–Crippen MR) is 65.1 cm³/mol. The van der Waals surface area contributed by atoms with E-state index in [9.17, 15) is 9.59 Å². The summed E-state index contributed by atoms with van der Waals surface area (Å²) in [5.74, 6) is -1.42. The van der Waals surface area contributed by atoms with E-state index in [1.165, 1.54) is 6.92 Å². The Morgan fingerprint density at radius 2 is 2.12 bits per heavy atom. The van der Waals surface area contributed by atoms with Crippen molar-refractivity contribution in [3.63, 3.8) is 0 Å². The summed E-state index contributed by atoms with van der Waals surface area (Å²) in [6.45, 7) is 3.32. The first kappa shape index (κ1) is 13.5. The molecule has 1 aromatic rings. The van der Waals surface area contributed by atoms with Crippen molar-refractivity contribution in [2.45, 2.75) is 26.3 Å². The van der Waals surface area contributed by atoms with E-state index in [2.05, 4.69) is 5.32 Å². The number of carboxylic acid groups (broad SMARTS) is 1. The second kappa shape index (κ2) is 5.68. The molecule has 0 radical (unpaired) electrons. The molecule has 0 bridgehead atoms. The maximum Gasteiger partial charge on any atom is 0.325 e. The molecule has 1 aromatic carbocycles. The molecule has 0 heterocycles. The van der Waals surface area contributed by atoms with Crippen molar-refractivity contribution >= 4 is 23.5 Å². The zero-order valence-corrected chi connectivity index (χ0v) is 10.4. The standard InChI is InChI=1S/C12H14ClNO3/c1-7-3-4-9(10(13)5-7)6-11(15)14-8(2)12(16)17/h3-5,8H,6H2,1-2H3,(H,14,15)(H,16,17)/t8-/m0/s1.